The van der Waals surface area contributed by atoms with Gasteiger partial charge in [0.1, 0.15) is 0 Å². The number of anilines is 1. The number of rotatable bonds is 5. The molecule has 0 radical (unpaired) electrons. The fraction of sp³-hybridized carbons (Fsp3) is 0.158. The van der Waals surface area contributed by atoms with E-state index in [4.69, 9.17) is 16.9 Å². The average Bonchev–Trinajstić information content (AvgIpc) is 3.03. The monoisotopic (exact) mass is 397 g/mol. The fourth-order valence-corrected chi connectivity index (χ4v) is 3.29. The second-order valence-electron chi connectivity index (χ2n) is 5.81. The molecule has 2 aromatic carbocycles. The van der Waals surface area contributed by atoms with Crippen LogP contribution in [0.3, 0.4) is 0 Å². The number of carbonyl (C=O) groups excluding carboxylic acids is 1. The minimum atomic E-state index is -0.374. The van der Waals surface area contributed by atoms with Crippen molar-refractivity contribution < 1.29 is 4.79 Å². The van der Waals surface area contributed by atoms with E-state index in [1.54, 1.807) is 43.3 Å². The van der Waals surface area contributed by atoms with Crippen LogP contribution in [0.2, 0.25) is 5.02 Å². The molecule has 0 bridgehead atoms. The summed E-state index contributed by atoms with van der Waals surface area (Å²) in [6.45, 7) is 1.81. The molecule has 3 aromatic rings. The summed E-state index contributed by atoms with van der Waals surface area (Å²) < 4.78 is 1.85. The van der Waals surface area contributed by atoms with Crippen molar-refractivity contribution in [2.45, 2.75) is 17.3 Å². The van der Waals surface area contributed by atoms with Gasteiger partial charge < -0.3 is 9.88 Å². The summed E-state index contributed by atoms with van der Waals surface area (Å²) >= 11 is 7.25. The summed E-state index contributed by atoms with van der Waals surface area (Å²) in [5.74, 6) is 0.551. The van der Waals surface area contributed by atoms with Gasteiger partial charge in [-0.15, -0.1) is 10.2 Å². The van der Waals surface area contributed by atoms with E-state index in [0.717, 1.165) is 5.56 Å². The van der Waals surface area contributed by atoms with Gasteiger partial charge in [-0.1, -0.05) is 23.4 Å². The van der Waals surface area contributed by atoms with E-state index in [1.807, 2.05) is 29.8 Å². The van der Waals surface area contributed by atoms with E-state index < -0.39 is 0 Å². The first-order chi connectivity index (χ1) is 13.0. The lowest BCUT2D eigenvalue weighted by molar-refractivity contribution is -0.115. The Labute approximate surface area is 166 Å². The third-order valence-electron chi connectivity index (χ3n) is 3.87. The molecule has 0 aliphatic carbocycles. The first kappa shape index (κ1) is 19.0. The maximum Gasteiger partial charge on any atom is 0.237 e. The lowest BCUT2D eigenvalue weighted by Crippen LogP contribution is -2.22. The highest BCUT2D eigenvalue weighted by Crippen LogP contribution is 2.27. The molecule has 6 nitrogen and oxygen atoms in total. The topological polar surface area (TPSA) is 83.6 Å². The first-order valence-electron chi connectivity index (χ1n) is 8.11. The van der Waals surface area contributed by atoms with E-state index in [9.17, 15) is 4.79 Å². The molecule has 27 heavy (non-hydrogen) atoms. The summed E-state index contributed by atoms with van der Waals surface area (Å²) in [5, 5.41) is 21.0. The zero-order valence-electron chi connectivity index (χ0n) is 14.7. The third-order valence-corrected chi connectivity index (χ3v) is 5.26. The van der Waals surface area contributed by atoms with E-state index in [2.05, 4.69) is 15.5 Å². The van der Waals surface area contributed by atoms with Gasteiger partial charge in [-0.25, -0.2) is 0 Å². The highest BCUT2D eigenvalue weighted by Gasteiger charge is 2.19. The minimum absolute atomic E-state index is 0.152. The SMILES string of the molecule is CC(Sc1nnc(-c2ccc(Cl)cc2)n1C)C(=O)Nc1ccc(C#N)cc1. The van der Waals surface area contributed by atoms with E-state index in [0.29, 0.717) is 27.3 Å². The maximum absolute atomic E-state index is 12.4. The number of hydrogen-bond acceptors (Lipinski definition) is 5. The van der Waals surface area contributed by atoms with Gasteiger partial charge in [0.05, 0.1) is 16.9 Å². The van der Waals surface area contributed by atoms with Gasteiger partial charge in [0.25, 0.3) is 0 Å². The third kappa shape index (κ3) is 4.48. The summed E-state index contributed by atoms with van der Waals surface area (Å²) in [7, 11) is 1.86. The molecule has 1 N–H and O–H groups in total. The number of nitrogens with zero attached hydrogens (tertiary/aromatic N) is 4. The number of carbonyl (C=O) groups is 1. The standard InChI is InChI=1S/C19H16ClN5OS/c1-12(18(26)22-16-9-3-13(11-21)4-10-16)27-19-24-23-17(25(19)2)14-5-7-15(20)8-6-14/h3-10,12H,1-2H3,(H,22,26). The van der Waals surface area contributed by atoms with Gasteiger partial charge in [-0.3, -0.25) is 4.79 Å². The van der Waals surface area contributed by atoms with Gasteiger partial charge in [0.2, 0.25) is 5.91 Å². The summed E-state index contributed by atoms with van der Waals surface area (Å²) in [4.78, 5) is 12.4. The van der Waals surface area contributed by atoms with Crippen LogP contribution >= 0.6 is 23.4 Å². The van der Waals surface area contributed by atoms with Crippen molar-refractivity contribution in [1.82, 2.24) is 14.8 Å². The highest BCUT2D eigenvalue weighted by atomic mass is 35.5. The Bertz CT molecular complexity index is 992. The molecule has 3 rings (SSSR count). The van der Waals surface area contributed by atoms with Crippen molar-refractivity contribution >= 4 is 35.0 Å². The number of nitriles is 1. The number of halogens is 1. The molecule has 1 unspecified atom stereocenters. The molecule has 136 valence electrons. The second-order valence-corrected chi connectivity index (χ2v) is 7.55. The number of benzene rings is 2. The molecule has 1 heterocycles. The predicted octanol–water partition coefficient (Wildman–Crippen LogP) is 4.13. The van der Waals surface area contributed by atoms with Crippen molar-refractivity contribution in [2.24, 2.45) is 7.05 Å². The number of hydrogen-bond donors (Lipinski definition) is 1. The van der Waals surface area contributed by atoms with Gasteiger partial charge >= 0.3 is 0 Å². The molecule has 0 fully saturated rings. The van der Waals surface area contributed by atoms with Gasteiger partial charge in [0.15, 0.2) is 11.0 Å². The second kappa shape index (κ2) is 8.25. The molecule has 0 spiro atoms. The normalized spacial score (nSPS) is 11.6. The van der Waals surface area contributed by atoms with Crippen LogP contribution in [0, 0.1) is 11.3 Å². The van der Waals surface area contributed by atoms with Crippen molar-refractivity contribution in [2.75, 3.05) is 5.32 Å². The summed E-state index contributed by atoms with van der Waals surface area (Å²) in [6, 6.07) is 16.1. The molecule has 8 heteroatoms. The van der Waals surface area contributed by atoms with Crippen molar-refractivity contribution in [3.63, 3.8) is 0 Å². The van der Waals surface area contributed by atoms with Crippen LogP contribution in [0.25, 0.3) is 11.4 Å². The minimum Gasteiger partial charge on any atom is -0.325 e. The summed E-state index contributed by atoms with van der Waals surface area (Å²) in [5.41, 5.74) is 2.09. The molecule has 1 atom stereocenters. The number of aromatic nitrogens is 3. The van der Waals surface area contributed by atoms with E-state index >= 15 is 0 Å². The molecule has 0 saturated carbocycles. The van der Waals surface area contributed by atoms with Crippen LogP contribution in [0.4, 0.5) is 5.69 Å². The Balaban J connectivity index is 1.68. The summed E-state index contributed by atoms with van der Waals surface area (Å²) in [6.07, 6.45) is 0. The number of thioether (sulfide) groups is 1. The van der Waals surface area contributed by atoms with Crippen LogP contribution < -0.4 is 5.32 Å². The first-order valence-corrected chi connectivity index (χ1v) is 9.36. The number of nitrogens with one attached hydrogen (secondary N) is 1. The van der Waals surface area contributed by atoms with Crippen LogP contribution in [-0.2, 0) is 11.8 Å². The van der Waals surface area contributed by atoms with E-state index in [1.165, 1.54) is 11.8 Å². The fourth-order valence-electron chi connectivity index (χ4n) is 2.35. The van der Waals surface area contributed by atoms with Crippen molar-refractivity contribution in [3.05, 3.63) is 59.1 Å². The largest absolute Gasteiger partial charge is 0.325 e. The molecular weight excluding hydrogens is 382 g/mol. The maximum atomic E-state index is 12.4. The Hall–Kier alpha value is -2.82. The van der Waals surface area contributed by atoms with Crippen LogP contribution in [0.5, 0.6) is 0 Å². The van der Waals surface area contributed by atoms with Crippen molar-refractivity contribution in [1.29, 1.82) is 5.26 Å². The van der Waals surface area contributed by atoms with E-state index in [-0.39, 0.29) is 11.2 Å². The molecule has 1 amide bonds. The van der Waals surface area contributed by atoms with Crippen LogP contribution in [0.1, 0.15) is 12.5 Å². The lowest BCUT2D eigenvalue weighted by atomic mass is 10.2. The van der Waals surface area contributed by atoms with Gasteiger partial charge in [-0.05, 0) is 55.5 Å². The smallest absolute Gasteiger partial charge is 0.237 e. The molecular formula is C19H16ClN5OS. The highest BCUT2D eigenvalue weighted by molar-refractivity contribution is 8.00. The Kier molecular flexibility index (Phi) is 5.79. The van der Waals surface area contributed by atoms with Gasteiger partial charge in [-0.2, -0.15) is 5.26 Å². The quantitative estimate of drug-likeness (QED) is 0.654. The van der Waals surface area contributed by atoms with Gasteiger partial charge in [0, 0.05) is 23.3 Å². The zero-order valence-corrected chi connectivity index (χ0v) is 16.3. The Morgan fingerprint density at radius 2 is 1.85 bits per heavy atom. The Morgan fingerprint density at radius 3 is 2.48 bits per heavy atom. The van der Waals surface area contributed by atoms with Crippen LogP contribution in [-0.4, -0.2) is 25.9 Å². The molecule has 0 aliphatic heterocycles. The van der Waals surface area contributed by atoms with Crippen molar-refractivity contribution in [3.8, 4) is 17.5 Å². The molecule has 1 aromatic heterocycles. The average molecular weight is 398 g/mol. The molecule has 0 aliphatic rings. The van der Waals surface area contributed by atoms with Crippen LogP contribution in [0.15, 0.2) is 53.7 Å². The Morgan fingerprint density at radius 1 is 1.19 bits per heavy atom. The number of amides is 1. The molecule has 0 saturated heterocycles. The lowest BCUT2D eigenvalue weighted by Gasteiger charge is -2.11. The zero-order chi connectivity index (χ0) is 19.4. The predicted molar refractivity (Wildman–Crippen MR) is 107 cm³/mol.